The number of hydrogen-bond donors (Lipinski definition) is 1. The predicted octanol–water partition coefficient (Wildman–Crippen LogP) is 3.06. The van der Waals surface area contributed by atoms with Gasteiger partial charge in [-0.05, 0) is 18.1 Å². The number of nitrogens with two attached hydrogens (primary N) is 1. The number of halogens is 1. The Bertz CT molecular complexity index is 867. The molecule has 0 amide bonds. The molecular formula is C16H12ClN3O4. The summed E-state index contributed by atoms with van der Waals surface area (Å²) in [6.07, 6.45) is 1.51. The van der Waals surface area contributed by atoms with E-state index in [2.05, 4.69) is 0 Å². The standard InChI is InChI=1S/C16H12ClN3O4/c17-10-5-4-8(6-11(10)20(22)23)14-9(7-18)16(19)24-13-3-1-2-12(21)15(13)14/h4-6,14H,1-3,19H2/t14-/m1/s1. The molecule has 0 saturated heterocycles. The van der Waals surface area contributed by atoms with Crippen LogP contribution in [0.25, 0.3) is 0 Å². The number of hydrogen-bond acceptors (Lipinski definition) is 6. The minimum absolute atomic E-state index is 0.0181. The number of carbonyl (C=O) groups excluding carboxylic acids is 1. The first-order chi connectivity index (χ1) is 11.4. The monoisotopic (exact) mass is 345 g/mol. The summed E-state index contributed by atoms with van der Waals surface area (Å²) in [6.45, 7) is 0. The third-order valence-electron chi connectivity index (χ3n) is 4.11. The van der Waals surface area contributed by atoms with Gasteiger partial charge < -0.3 is 10.5 Å². The number of carbonyl (C=O) groups is 1. The number of benzene rings is 1. The topological polar surface area (TPSA) is 119 Å². The summed E-state index contributed by atoms with van der Waals surface area (Å²) in [5.74, 6) is -0.555. The zero-order chi connectivity index (χ0) is 17.4. The molecule has 0 saturated carbocycles. The number of ether oxygens (including phenoxy) is 1. The van der Waals surface area contributed by atoms with E-state index >= 15 is 0 Å². The molecule has 0 aromatic heterocycles. The Balaban J connectivity index is 2.21. The molecule has 8 heteroatoms. The number of allylic oxidation sites excluding steroid dienone is 3. The van der Waals surface area contributed by atoms with Crippen molar-refractivity contribution in [3.8, 4) is 6.07 Å². The van der Waals surface area contributed by atoms with Crippen molar-refractivity contribution in [2.24, 2.45) is 5.73 Å². The number of nitrogens with zero attached hydrogens (tertiary/aromatic N) is 2. The fourth-order valence-electron chi connectivity index (χ4n) is 3.04. The van der Waals surface area contributed by atoms with E-state index < -0.39 is 10.8 Å². The van der Waals surface area contributed by atoms with E-state index in [1.807, 2.05) is 6.07 Å². The third kappa shape index (κ3) is 2.51. The lowest BCUT2D eigenvalue weighted by atomic mass is 9.77. The average Bonchev–Trinajstić information content (AvgIpc) is 2.54. The summed E-state index contributed by atoms with van der Waals surface area (Å²) in [5, 5.41) is 20.6. The third-order valence-corrected chi connectivity index (χ3v) is 4.42. The first kappa shape index (κ1) is 16.0. The summed E-state index contributed by atoms with van der Waals surface area (Å²) >= 11 is 5.85. The molecule has 122 valence electrons. The van der Waals surface area contributed by atoms with Crippen LogP contribution >= 0.6 is 11.6 Å². The second kappa shape index (κ2) is 5.98. The quantitative estimate of drug-likeness (QED) is 0.649. The van der Waals surface area contributed by atoms with Crippen molar-refractivity contribution in [3.05, 3.63) is 61.7 Å². The molecule has 7 nitrogen and oxygen atoms in total. The Morgan fingerprint density at radius 3 is 2.83 bits per heavy atom. The average molecular weight is 346 g/mol. The van der Waals surface area contributed by atoms with E-state index in [1.165, 1.54) is 12.1 Å². The number of rotatable bonds is 2. The second-order valence-electron chi connectivity index (χ2n) is 5.51. The van der Waals surface area contributed by atoms with Crippen LogP contribution in [0.1, 0.15) is 30.7 Å². The Morgan fingerprint density at radius 1 is 1.42 bits per heavy atom. The first-order valence-corrected chi connectivity index (χ1v) is 7.59. The summed E-state index contributed by atoms with van der Waals surface area (Å²) in [6, 6.07) is 6.17. The van der Waals surface area contributed by atoms with E-state index in [-0.39, 0.29) is 27.9 Å². The lowest BCUT2D eigenvalue weighted by Crippen LogP contribution is -2.27. The lowest BCUT2D eigenvalue weighted by Gasteiger charge is -2.30. The minimum Gasteiger partial charge on any atom is -0.444 e. The molecule has 1 aromatic rings. The molecule has 0 spiro atoms. The predicted molar refractivity (Wildman–Crippen MR) is 84.6 cm³/mol. The summed E-state index contributed by atoms with van der Waals surface area (Å²) in [4.78, 5) is 22.9. The van der Waals surface area contributed by atoms with Gasteiger partial charge in [0.2, 0.25) is 5.88 Å². The summed E-state index contributed by atoms with van der Waals surface area (Å²) in [5.41, 5.74) is 6.37. The zero-order valence-electron chi connectivity index (χ0n) is 12.4. The molecule has 0 radical (unpaired) electrons. The van der Waals surface area contributed by atoms with Crippen molar-refractivity contribution in [1.82, 2.24) is 0 Å². The molecule has 3 rings (SSSR count). The maximum absolute atomic E-state index is 12.4. The zero-order valence-corrected chi connectivity index (χ0v) is 13.2. The van der Waals surface area contributed by atoms with Gasteiger partial charge in [-0.2, -0.15) is 5.26 Å². The van der Waals surface area contributed by atoms with E-state index in [9.17, 15) is 20.2 Å². The number of nitro benzene ring substituents is 1. The first-order valence-electron chi connectivity index (χ1n) is 7.21. The van der Waals surface area contributed by atoms with Crippen molar-refractivity contribution in [2.75, 3.05) is 0 Å². The van der Waals surface area contributed by atoms with Crippen LogP contribution in [-0.4, -0.2) is 10.7 Å². The normalized spacial score (nSPS) is 20.3. The van der Waals surface area contributed by atoms with Gasteiger partial charge >= 0.3 is 0 Å². The molecule has 1 aromatic carbocycles. The van der Waals surface area contributed by atoms with Crippen LogP contribution in [0.4, 0.5) is 5.69 Å². The largest absolute Gasteiger partial charge is 0.444 e. The van der Waals surface area contributed by atoms with Gasteiger partial charge in [0, 0.05) is 24.5 Å². The molecular weight excluding hydrogens is 334 g/mol. The number of Topliss-reactive ketones (excluding diaryl/α,β-unsaturated/α-hetero) is 1. The van der Waals surface area contributed by atoms with Gasteiger partial charge in [0.1, 0.15) is 22.4 Å². The fraction of sp³-hybridized carbons (Fsp3) is 0.250. The van der Waals surface area contributed by atoms with Crippen LogP contribution < -0.4 is 5.73 Å². The van der Waals surface area contributed by atoms with E-state index in [4.69, 9.17) is 22.1 Å². The van der Waals surface area contributed by atoms with Crippen molar-refractivity contribution in [2.45, 2.75) is 25.2 Å². The van der Waals surface area contributed by atoms with Gasteiger partial charge in [-0.1, -0.05) is 17.7 Å². The van der Waals surface area contributed by atoms with E-state index in [0.717, 1.165) is 0 Å². The smallest absolute Gasteiger partial charge is 0.288 e. The molecule has 1 heterocycles. The Hall–Kier alpha value is -2.85. The molecule has 2 aliphatic rings. The van der Waals surface area contributed by atoms with Gasteiger partial charge in [0.15, 0.2) is 5.78 Å². The molecule has 1 aliphatic carbocycles. The summed E-state index contributed by atoms with van der Waals surface area (Å²) < 4.78 is 5.45. The van der Waals surface area contributed by atoms with Gasteiger partial charge in [0.05, 0.1) is 10.8 Å². The van der Waals surface area contributed by atoms with Crippen LogP contribution in [0.2, 0.25) is 5.02 Å². The van der Waals surface area contributed by atoms with Crippen LogP contribution in [0.3, 0.4) is 0 Å². The lowest BCUT2D eigenvalue weighted by molar-refractivity contribution is -0.384. The SMILES string of the molecule is N#CC1=C(N)OC2=C(C(=O)CCC2)[C@@H]1c1ccc(Cl)c([N+](=O)[O-])c1. The van der Waals surface area contributed by atoms with Gasteiger partial charge in [-0.3, -0.25) is 14.9 Å². The highest BCUT2D eigenvalue weighted by molar-refractivity contribution is 6.32. The molecule has 2 N–H and O–H groups in total. The van der Waals surface area contributed by atoms with Crippen LogP contribution in [0.5, 0.6) is 0 Å². The van der Waals surface area contributed by atoms with Crippen molar-refractivity contribution in [3.63, 3.8) is 0 Å². The van der Waals surface area contributed by atoms with E-state index in [1.54, 1.807) is 6.07 Å². The molecule has 0 bridgehead atoms. The van der Waals surface area contributed by atoms with Gasteiger partial charge in [-0.15, -0.1) is 0 Å². The second-order valence-corrected chi connectivity index (χ2v) is 5.91. The summed E-state index contributed by atoms with van der Waals surface area (Å²) in [7, 11) is 0. The Labute approximate surface area is 142 Å². The van der Waals surface area contributed by atoms with Crippen LogP contribution in [-0.2, 0) is 9.53 Å². The van der Waals surface area contributed by atoms with Gasteiger partial charge in [-0.25, -0.2) is 0 Å². The van der Waals surface area contributed by atoms with Crippen LogP contribution in [0.15, 0.2) is 41.0 Å². The van der Waals surface area contributed by atoms with Crippen molar-refractivity contribution >= 4 is 23.1 Å². The highest BCUT2D eigenvalue weighted by atomic mass is 35.5. The maximum Gasteiger partial charge on any atom is 0.288 e. The van der Waals surface area contributed by atoms with E-state index in [0.29, 0.717) is 36.2 Å². The molecule has 1 aliphatic heterocycles. The molecule has 0 fully saturated rings. The molecule has 24 heavy (non-hydrogen) atoms. The number of ketones is 1. The maximum atomic E-state index is 12.4. The van der Waals surface area contributed by atoms with Gasteiger partial charge in [0.25, 0.3) is 5.69 Å². The molecule has 1 atom stereocenters. The molecule has 0 unspecified atom stereocenters. The number of nitro groups is 1. The Morgan fingerprint density at radius 2 is 2.17 bits per heavy atom. The van der Waals surface area contributed by atoms with Crippen LogP contribution in [0, 0.1) is 21.4 Å². The fourth-order valence-corrected chi connectivity index (χ4v) is 3.23. The highest BCUT2D eigenvalue weighted by Crippen LogP contribution is 2.44. The number of nitriles is 1. The van der Waals surface area contributed by atoms with Crippen molar-refractivity contribution < 1.29 is 14.5 Å². The highest BCUT2D eigenvalue weighted by Gasteiger charge is 2.38. The van der Waals surface area contributed by atoms with Crippen molar-refractivity contribution in [1.29, 1.82) is 5.26 Å². The minimum atomic E-state index is -0.775. The Kier molecular flexibility index (Phi) is 3.99.